The lowest BCUT2D eigenvalue weighted by Gasteiger charge is -2.46. The molecule has 0 aliphatic carbocycles. The van der Waals surface area contributed by atoms with Gasteiger partial charge in [0, 0.05) is 51.7 Å². The first-order valence-corrected chi connectivity index (χ1v) is 10.5. The summed E-state index contributed by atoms with van der Waals surface area (Å²) >= 11 is 0. The fraction of sp³-hybridized carbons (Fsp3) is 0.500. The maximum Gasteiger partial charge on any atom is 0.227 e. The molecule has 3 heterocycles. The summed E-state index contributed by atoms with van der Waals surface area (Å²) in [5, 5.41) is 21.8. The van der Waals surface area contributed by atoms with Gasteiger partial charge in [-0.3, -0.25) is 9.69 Å². The summed E-state index contributed by atoms with van der Waals surface area (Å²) < 4.78 is 0. The lowest BCUT2D eigenvalue weighted by atomic mass is 9.88. The Bertz CT molecular complexity index is 829. The van der Waals surface area contributed by atoms with Crippen molar-refractivity contribution in [2.75, 3.05) is 50.7 Å². The third-order valence-electron chi connectivity index (χ3n) is 6.01. The number of aliphatic hydroxyl groups is 2. The molecule has 8 nitrogen and oxygen atoms in total. The number of hydrogen-bond donors (Lipinski definition) is 2. The van der Waals surface area contributed by atoms with E-state index in [1.54, 1.807) is 23.4 Å². The van der Waals surface area contributed by atoms with Crippen molar-refractivity contribution in [2.24, 2.45) is 0 Å². The van der Waals surface area contributed by atoms with Gasteiger partial charge in [-0.25, -0.2) is 9.97 Å². The predicted octanol–water partition coefficient (Wildman–Crippen LogP) is 0.166. The molecule has 0 unspecified atom stereocenters. The SMILES string of the molecule is O=C(Cc1ccccc1)N1CC[C@@H](O)[C@](O)(CN2CCN(c3ncccn3)CC2)C1. The van der Waals surface area contributed by atoms with Crippen molar-refractivity contribution in [1.29, 1.82) is 0 Å². The van der Waals surface area contributed by atoms with E-state index in [9.17, 15) is 15.0 Å². The third kappa shape index (κ3) is 4.77. The van der Waals surface area contributed by atoms with Gasteiger partial charge in [-0.15, -0.1) is 0 Å². The smallest absolute Gasteiger partial charge is 0.227 e. The van der Waals surface area contributed by atoms with Gasteiger partial charge in [0.1, 0.15) is 5.60 Å². The quantitative estimate of drug-likeness (QED) is 0.724. The number of hydrogen-bond acceptors (Lipinski definition) is 7. The van der Waals surface area contributed by atoms with Crippen LogP contribution in [0.3, 0.4) is 0 Å². The molecule has 0 spiro atoms. The van der Waals surface area contributed by atoms with Crippen LogP contribution in [-0.4, -0.2) is 93.4 Å². The van der Waals surface area contributed by atoms with Gasteiger partial charge in [-0.05, 0) is 18.1 Å². The van der Waals surface area contributed by atoms with E-state index in [-0.39, 0.29) is 12.5 Å². The van der Waals surface area contributed by atoms with Gasteiger partial charge in [-0.2, -0.15) is 0 Å². The van der Waals surface area contributed by atoms with E-state index in [1.165, 1.54) is 0 Å². The molecule has 160 valence electrons. The zero-order chi connectivity index (χ0) is 21.0. The second kappa shape index (κ2) is 9.07. The molecular weight excluding hydrogens is 382 g/mol. The molecule has 0 bridgehead atoms. The van der Waals surface area contributed by atoms with E-state index in [1.807, 2.05) is 30.3 Å². The highest BCUT2D eigenvalue weighted by atomic mass is 16.3. The number of piperazine rings is 1. The normalized spacial score (nSPS) is 25.3. The lowest BCUT2D eigenvalue weighted by molar-refractivity contribution is -0.155. The molecule has 1 aromatic heterocycles. The van der Waals surface area contributed by atoms with Crippen molar-refractivity contribution >= 4 is 11.9 Å². The fourth-order valence-corrected chi connectivity index (χ4v) is 4.26. The highest BCUT2D eigenvalue weighted by Gasteiger charge is 2.43. The van der Waals surface area contributed by atoms with Crippen LogP contribution >= 0.6 is 0 Å². The maximum atomic E-state index is 12.8. The molecule has 4 rings (SSSR count). The highest BCUT2D eigenvalue weighted by molar-refractivity contribution is 5.79. The van der Waals surface area contributed by atoms with Crippen molar-refractivity contribution < 1.29 is 15.0 Å². The van der Waals surface area contributed by atoms with Gasteiger partial charge in [0.05, 0.1) is 19.1 Å². The monoisotopic (exact) mass is 411 g/mol. The number of benzene rings is 1. The summed E-state index contributed by atoms with van der Waals surface area (Å²) in [4.78, 5) is 27.3. The van der Waals surface area contributed by atoms with Gasteiger partial charge in [0.25, 0.3) is 0 Å². The minimum absolute atomic E-state index is 0.0161. The van der Waals surface area contributed by atoms with Gasteiger partial charge in [-0.1, -0.05) is 30.3 Å². The molecule has 2 atom stereocenters. The van der Waals surface area contributed by atoms with Crippen molar-refractivity contribution in [3.63, 3.8) is 0 Å². The molecular formula is C22H29N5O3. The fourth-order valence-electron chi connectivity index (χ4n) is 4.26. The van der Waals surface area contributed by atoms with Crippen LogP contribution in [0.5, 0.6) is 0 Å². The van der Waals surface area contributed by atoms with Crippen LogP contribution in [0.25, 0.3) is 0 Å². The summed E-state index contributed by atoms with van der Waals surface area (Å²) in [6.45, 7) is 3.96. The molecule has 0 saturated carbocycles. The maximum absolute atomic E-state index is 12.8. The molecule has 2 aromatic rings. The summed E-state index contributed by atoms with van der Waals surface area (Å²) in [7, 11) is 0. The number of aliphatic hydroxyl groups excluding tert-OH is 1. The van der Waals surface area contributed by atoms with Gasteiger partial charge in [0.2, 0.25) is 11.9 Å². The topological polar surface area (TPSA) is 93.0 Å². The summed E-state index contributed by atoms with van der Waals surface area (Å²) in [5.74, 6) is 0.698. The van der Waals surface area contributed by atoms with E-state index in [0.29, 0.717) is 31.9 Å². The minimum Gasteiger partial charge on any atom is -0.390 e. The van der Waals surface area contributed by atoms with E-state index < -0.39 is 11.7 Å². The number of aromatic nitrogens is 2. The Morgan fingerprint density at radius 3 is 2.43 bits per heavy atom. The molecule has 0 radical (unpaired) electrons. The van der Waals surface area contributed by atoms with Gasteiger partial charge in [0.15, 0.2) is 0 Å². The molecule has 30 heavy (non-hydrogen) atoms. The van der Waals surface area contributed by atoms with E-state index in [0.717, 1.165) is 31.7 Å². The molecule has 1 aromatic carbocycles. The van der Waals surface area contributed by atoms with E-state index in [2.05, 4.69) is 19.8 Å². The van der Waals surface area contributed by atoms with Crippen LogP contribution < -0.4 is 4.90 Å². The second-order valence-electron chi connectivity index (χ2n) is 8.20. The number of carbonyl (C=O) groups excluding carboxylic acids is 1. The Balaban J connectivity index is 1.34. The molecule has 1 amide bonds. The highest BCUT2D eigenvalue weighted by Crippen LogP contribution is 2.25. The zero-order valence-corrected chi connectivity index (χ0v) is 17.1. The van der Waals surface area contributed by atoms with Gasteiger partial charge < -0.3 is 20.0 Å². The van der Waals surface area contributed by atoms with Crippen LogP contribution in [0.2, 0.25) is 0 Å². The lowest BCUT2D eigenvalue weighted by Crippen LogP contribution is -2.64. The average molecular weight is 412 g/mol. The molecule has 2 aliphatic heterocycles. The van der Waals surface area contributed by atoms with Crippen LogP contribution in [0.1, 0.15) is 12.0 Å². The number of rotatable bonds is 5. The van der Waals surface area contributed by atoms with Crippen molar-refractivity contribution in [3.05, 3.63) is 54.4 Å². The first kappa shape index (κ1) is 20.7. The van der Waals surface area contributed by atoms with E-state index in [4.69, 9.17) is 0 Å². The first-order valence-electron chi connectivity index (χ1n) is 10.5. The number of anilines is 1. The second-order valence-corrected chi connectivity index (χ2v) is 8.20. The van der Waals surface area contributed by atoms with Crippen molar-refractivity contribution in [2.45, 2.75) is 24.5 Å². The van der Waals surface area contributed by atoms with Gasteiger partial charge >= 0.3 is 0 Å². The number of amides is 1. The minimum atomic E-state index is -1.32. The Morgan fingerprint density at radius 1 is 1.03 bits per heavy atom. The van der Waals surface area contributed by atoms with E-state index >= 15 is 0 Å². The Hall–Kier alpha value is -2.55. The number of β-amino-alcohol motifs (C(OH)–C–C–N with tert-alkyl or cyclic N) is 1. The molecule has 2 fully saturated rings. The Labute approximate surface area is 176 Å². The number of piperidine rings is 1. The predicted molar refractivity (Wildman–Crippen MR) is 113 cm³/mol. The first-order chi connectivity index (χ1) is 14.5. The van der Waals surface area contributed by atoms with Crippen molar-refractivity contribution in [3.8, 4) is 0 Å². The van der Waals surface area contributed by atoms with Crippen LogP contribution in [0, 0.1) is 0 Å². The molecule has 2 saturated heterocycles. The summed E-state index contributed by atoms with van der Waals surface area (Å²) in [6, 6.07) is 11.4. The van der Waals surface area contributed by atoms with Crippen LogP contribution in [0.4, 0.5) is 5.95 Å². The Kier molecular flexibility index (Phi) is 6.26. The zero-order valence-electron chi connectivity index (χ0n) is 17.1. The summed E-state index contributed by atoms with van der Waals surface area (Å²) in [5.41, 5.74) is -0.368. The standard InChI is InChI=1S/C22H29N5O3/c28-19-7-10-27(20(29)15-18-5-2-1-3-6-18)17-22(19,30)16-25-11-13-26(14-12-25)21-23-8-4-9-24-21/h1-6,8-9,19,28,30H,7,10-17H2/t19-,22+/m1/s1. The van der Waals surface area contributed by atoms with Crippen LogP contribution in [-0.2, 0) is 11.2 Å². The summed E-state index contributed by atoms with van der Waals surface area (Å²) in [6.07, 6.45) is 3.32. The number of nitrogens with zero attached hydrogens (tertiary/aromatic N) is 5. The molecule has 2 aliphatic rings. The molecule has 2 N–H and O–H groups in total. The largest absolute Gasteiger partial charge is 0.390 e. The Morgan fingerprint density at radius 2 is 1.73 bits per heavy atom. The number of likely N-dealkylation sites (tertiary alicyclic amines) is 1. The van der Waals surface area contributed by atoms with Crippen LogP contribution in [0.15, 0.2) is 48.8 Å². The average Bonchev–Trinajstić information content (AvgIpc) is 2.77. The number of carbonyl (C=O) groups is 1. The third-order valence-corrected chi connectivity index (χ3v) is 6.01. The van der Waals surface area contributed by atoms with Crippen molar-refractivity contribution in [1.82, 2.24) is 19.8 Å². The molecule has 8 heteroatoms.